The Kier molecular flexibility index (Phi) is 4.51. The first-order valence-corrected chi connectivity index (χ1v) is 9.87. The van der Waals surface area contributed by atoms with Gasteiger partial charge in [0.25, 0.3) is 0 Å². The van der Waals surface area contributed by atoms with Crippen molar-refractivity contribution in [2.75, 3.05) is 11.9 Å². The summed E-state index contributed by atoms with van der Waals surface area (Å²) in [6, 6.07) is 4.31. The summed E-state index contributed by atoms with van der Waals surface area (Å²) in [6.07, 6.45) is 7.77. The van der Waals surface area contributed by atoms with E-state index in [0.717, 1.165) is 48.7 Å². The third-order valence-electron chi connectivity index (χ3n) is 5.66. The fraction of sp³-hybridized carbons (Fsp3) is 0.400. The first kappa shape index (κ1) is 17.9. The van der Waals surface area contributed by atoms with Crippen molar-refractivity contribution < 1.29 is 9.53 Å². The number of hydrogen-bond acceptors (Lipinski definition) is 6. The Bertz CT molecular complexity index is 1050. The van der Waals surface area contributed by atoms with Crippen molar-refractivity contribution in [1.82, 2.24) is 29.7 Å². The van der Waals surface area contributed by atoms with Crippen LogP contribution in [0, 0.1) is 0 Å². The van der Waals surface area contributed by atoms with Gasteiger partial charge in [-0.3, -0.25) is 9.48 Å². The smallest absolute Gasteiger partial charge is 0.243 e. The van der Waals surface area contributed by atoms with Crippen LogP contribution in [-0.2, 0) is 22.7 Å². The molecule has 150 valence electrons. The van der Waals surface area contributed by atoms with Crippen molar-refractivity contribution in [2.45, 2.75) is 44.4 Å². The highest BCUT2D eigenvalue weighted by molar-refractivity contribution is 5.87. The number of pyridine rings is 1. The highest BCUT2D eigenvalue weighted by atomic mass is 16.5. The van der Waals surface area contributed by atoms with E-state index in [2.05, 4.69) is 38.5 Å². The molecule has 3 aromatic heterocycles. The van der Waals surface area contributed by atoms with Gasteiger partial charge >= 0.3 is 0 Å². The van der Waals surface area contributed by atoms with Crippen LogP contribution in [0.1, 0.15) is 36.4 Å². The molecule has 4 heterocycles. The van der Waals surface area contributed by atoms with E-state index in [1.165, 1.54) is 11.6 Å². The molecule has 9 heteroatoms. The summed E-state index contributed by atoms with van der Waals surface area (Å²) in [5.41, 5.74) is 3.86. The van der Waals surface area contributed by atoms with Crippen LogP contribution >= 0.6 is 0 Å². The lowest BCUT2D eigenvalue weighted by Crippen LogP contribution is -2.31. The zero-order valence-electron chi connectivity index (χ0n) is 16.0. The molecule has 1 aliphatic heterocycles. The maximum Gasteiger partial charge on any atom is 0.243 e. The maximum absolute atomic E-state index is 11.6. The predicted molar refractivity (Wildman–Crippen MR) is 107 cm³/mol. The fourth-order valence-corrected chi connectivity index (χ4v) is 4.23. The van der Waals surface area contributed by atoms with Crippen LogP contribution in [0.5, 0.6) is 0 Å². The fourth-order valence-electron chi connectivity index (χ4n) is 4.23. The number of rotatable bonds is 5. The Morgan fingerprint density at radius 3 is 3.14 bits per heavy atom. The SMILES string of the molecule is C=CC(=O)NC1CCC(c2cc(Nc3cc4n(n3)CCOC4)c3ncnn3c2)C1. The molecule has 9 nitrogen and oxygen atoms in total. The third-order valence-corrected chi connectivity index (χ3v) is 5.66. The van der Waals surface area contributed by atoms with E-state index < -0.39 is 0 Å². The van der Waals surface area contributed by atoms with E-state index >= 15 is 0 Å². The highest BCUT2D eigenvalue weighted by Crippen LogP contribution is 2.36. The molecular formula is C20H23N7O2. The number of carbonyl (C=O) groups is 1. The van der Waals surface area contributed by atoms with Gasteiger partial charge in [-0.1, -0.05) is 6.58 Å². The Morgan fingerprint density at radius 2 is 2.28 bits per heavy atom. The van der Waals surface area contributed by atoms with Crippen molar-refractivity contribution in [3.63, 3.8) is 0 Å². The number of amides is 1. The Hall–Kier alpha value is -3.20. The lowest BCUT2D eigenvalue weighted by molar-refractivity contribution is -0.117. The van der Waals surface area contributed by atoms with E-state index in [1.807, 2.05) is 16.9 Å². The average Bonchev–Trinajstić information content (AvgIpc) is 3.46. The summed E-state index contributed by atoms with van der Waals surface area (Å²) in [5, 5.41) is 15.4. The van der Waals surface area contributed by atoms with Gasteiger partial charge in [0.15, 0.2) is 11.5 Å². The van der Waals surface area contributed by atoms with Gasteiger partial charge in [-0.15, -0.1) is 0 Å². The van der Waals surface area contributed by atoms with Gasteiger partial charge in [-0.25, -0.2) is 9.50 Å². The van der Waals surface area contributed by atoms with Gasteiger partial charge in [-0.2, -0.15) is 10.2 Å². The molecule has 29 heavy (non-hydrogen) atoms. The molecule has 1 fully saturated rings. The van der Waals surface area contributed by atoms with Crippen LogP contribution in [0.4, 0.5) is 11.5 Å². The molecule has 2 N–H and O–H groups in total. The number of nitrogens with zero attached hydrogens (tertiary/aromatic N) is 5. The molecule has 2 atom stereocenters. The molecule has 2 aliphatic rings. The average molecular weight is 393 g/mol. The second-order valence-corrected chi connectivity index (χ2v) is 7.56. The highest BCUT2D eigenvalue weighted by Gasteiger charge is 2.27. The third kappa shape index (κ3) is 3.49. The molecule has 0 aromatic carbocycles. The zero-order valence-corrected chi connectivity index (χ0v) is 16.0. The monoisotopic (exact) mass is 393 g/mol. The minimum Gasteiger partial charge on any atom is -0.373 e. The Labute approximate surface area is 167 Å². The lowest BCUT2D eigenvalue weighted by atomic mass is 9.98. The number of aromatic nitrogens is 5. The largest absolute Gasteiger partial charge is 0.373 e. The molecule has 1 saturated carbocycles. The molecule has 0 radical (unpaired) electrons. The standard InChI is InChI=1S/C20H23N7O2/c1-2-19(28)23-15-4-3-13(7-15)14-8-17(20-21-12-22-27(20)10-14)24-18-9-16-11-29-6-5-26(16)25-18/h2,8-10,12-13,15H,1,3-7,11H2,(H,23,28)(H,24,25). The second kappa shape index (κ2) is 7.32. The van der Waals surface area contributed by atoms with Crippen molar-refractivity contribution in [1.29, 1.82) is 0 Å². The van der Waals surface area contributed by atoms with E-state index in [9.17, 15) is 4.79 Å². The predicted octanol–water partition coefficient (Wildman–Crippen LogP) is 2.14. The van der Waals surface area contributed by atoms with Crippen LogP contribution in [0.2, 0.25) is 0 Å². The summed E-state index contributed by atoms with van der Waals surface area (Å²) in [4.78, 5) is 16.0. The number of hydrogen-bond donors (Lipinski definition) is 2. The summed E-state index contributed by atoms with van der Waals surface area (Å²) in [7, 11) is 0. The molecule has 1 amide bonds. The molecular weight excluding hydrogens is 370 g/mol. The van der Waals surface area contributed by atoms with Gasteiger partial charge < -0.3 is 15.4 Å². The Balaban J connectivity index is 1.41. The van der Waals surface area contributed by atoms with E-state index in [0.29, 0.717) is 19.1 Å². The van der Waals surface area contributed by atoms with Crippen LogP contribution in [0.3, 0.4) is 0 Å². The zero-order chi connectivity index (χ0) is 19.8. The van der Waals surface area contributed by atoms with Gasteiger partial charge in [0.05, 0.1) is 31.1 Å². The first-order valence-electron chi connectivity index (χ1n) is 9.87. The lowest BCUT2D eigenvalue weighted by Gasteiger charge is -2.14. The van der Waals surface area contributed by atoms with Gasteiger partial charge in [-0.05, 0) is 42.9 Å². The number of nitrogens with one attached hydrogen (secondary N) is 2. The van der Waals surface area contributed by atoms with Crippen molar-refractivity contribution in [3.05, 3.63) is 48.6 Å². The van der Waals surface area contributed by atoms with Crippen LogP contribution in [0.25, 0.3) is 5.65 Å². The number of fused-ring (bicyclic) bond motifs is 2. The maximum atomic E-state index is 11.6. The number of anilines is 2. The molecule has 0 spiro atoms. The van der Waals surface area contributed by atoms with Crippen LogP contribution in [0.15, 0.2) is 37.3 Å². The first-order chi connectivity index (χ1) is 14.2. The second-order valence-electron chi connectivity index (χ2n) is 7.56. The van der Waals surface area contributed by atoms with Crippen molar-refractivity contribution in [3.8, 4) is 0 Å². The minimum absolute atomic E-state index is 0.113. The van der Waals surface area contributed by atoms with Gasteiger partial charge in [0.1, 0.15) is 6.33 Å². The topological polar surface area (TPSA) is 98.4 Å². The molecule has 0 bridgehead atoms. The molecule has 2 unspecified atom stereocenters. The van der Waals surface area contributed by atoms with E-state index in [-0.39, 0.29) is 11.9 Å². The van der Waals surface area contributed by atoms with Gasteiger partial charge in [0, 0.05) is 18.3 Å². The molecule has 1 aliphatic carbocycles. The summed E-state index contributed by atoms with van der Waals surface area (Å²) < 4.78 is 9.27. The Morgan fingerprint density at radius 1 is 1.34 bits per heavy atom. The van der Waals surface area contributed by atoms with Gasteiger partial charge in [0.2, 0.25) is 5.91 Å². The number of carbonyl (C=O) groups excluding carboxylic acids is 1. The van der Waals surface area contributed by atoms with Crippen molar-refractivity contribution in [2.24, 2.45) is 0 Å². The van der Waals surface area contributed by atoms with E-state index in [1.54, 1.807) is 10.8 Å². The van der Waals surface area contributed by atoms with E-state index in [4.69, 9.17) is 4.74 Å². The number of ether oxygens (including phenoxy) is 1. The van der Waals surface area contributed by atoms with Crippen LogP contribution < -0.4 is 10.6 Å². The molecule has 0 saturated heterocycles. The molecule has 3 aromatic rings. The summed E-state index contributed by atoms with van der Waals surface area (Å²) in [5.74, 6) is 1.01. The molecule has 5 rings (SSSR count). The summed E-state index contributed by atoms with van der Waals surface area (Å²) in [6.45, 7) is 5.55. The van der Waals surface area contributed by atoms with Crippen LogP contribution in [-0.4, -0.2) is 42.9 Å². The minimum atomic E-state index is -0.113. The summed E-state index contributed by atoms with van der Waals surface area (Å²) >= 11 is 0. The van der Waals surface area contributed by atoms with Crippen molar-refractivity contribution >= 4 is 23.1 Å². The quantitative estimate of drug-likeness (QED) is 0.645. The normalized spacial score (nSPS) is 21.1.